The molecule has 0 aromatic carbocycles. The van der Waals surface area contributed by atoms with Crippen molar-refractivity contribution in [3.8, 4) is 0 Å². The normalized spacial score (nSPS) is 14.7. The molecule has 15 heavy (non-hydrogen) atoms. The molecule has 0 fully saturated rings. The zero-order valence-electron chi connectivity index (χ0n) is 9.19. The van der Waals surface area contributed by atoms with Crippen molar-refractivity contribution in [3.05, 3.63) is 0 Å². The Morgan fingerprint density at radius 3 is 2.27 bits per heavy atom. The third-order valence-electron chi connectivity index (χ3n) is 2.03. The van der Waals surface area contributed by atoms with Gasteiger partial charge in [-0.1, -0.05) is 13.8 Å². The largest absolute Gasteiger partial charge is 0.480 e. The lowest BCUT2D eigenvalue weighted by atomic mass is 10.0. The monoisotopic (exact) mass is 218 g/mol. The molecule has 2 atom stereocenters. The van der Waals surface area contributed by atoms with E-state index in [1.807, 2.05) is 0 Å². The number of hydrogen-bond acceptors (Lipinski definition) is 5. The summed E-state index contributed by atoms with van der Waals surface area (Å²) in [5, 5.41) is 11.5. The van der Waals surface area contributed by atoms with E-state index in [9.17, 15) is 9.59 Å². The van der Waals surface area contributed by atoms with Crippen LogP contribution in [0, 0.1) is 5.92 Å². The number of ether oxygens (including phenoxy) is 1. The zero-order chi connectivity index (χ0) is 12.0. The first-order valence-electron chi connectivity index (χ1n) is 4.70. The van der Waals surface area contributed by atoms with Gasteiger partial charge in [0.1, 0.15) is 12.1 Å². The Morgan fingerprint density at radius 1 is 1.47 bits per heavy atom. The van der Waals surface area contributed by atoms with Crippen LogP contribution >= 0.6 is 0 Å². The van der Waals surface area contributed by atoms with E-state index in [4.69, 9.17) is 10.8 Å². The van der Waals surface area contributed by atoms with Gasteiger partial charge < -0.3 is 15.6 Å². The number of hydrogen-bond donors (Lipinski definition) is 3. The number of nitrogens with one attached hydrogen (secondary N) is 1. The van der Waals surface area contributed by atoms with E-state index in [0.29, 0.717) is 0 Å². The Hall–Kier alpha value is -1.14. The van der Waals surface area contributed by atoms with Crippen LogP contribution in [0.3, 0.4) is 0 Å². The van der Waals surface area contributed by atoms with Crippen molar-refractivity contribution < 1.29 is 19.4 Å². The number of carbonyl (C=O) groups excluding carboxylic acids is 1. The molecular formula is C9H18N2O4. The smallest absolute Gasteiger partial charge is 0.324 e. The summed E-state index contributed by atoms with van der Waals surface area (Å²) < 4.78 is 4.49. The summed E-state index contributed by atoms with van der Waals surface area (Å²) in [6.07, 6.45) is 0. The van der Waals surface area contributed by atoms with Gasteiger partial charge in [0.25, 0.3) is 0 Å². The van der Waals surface area contributed by atoms with Crippen molar-refractivity contribution in [1.29, 1.82) is 0 Å². The second-order valence-electron chi connectivity index (χ2n) is 3.54. The van der Waals surface area contributed by atoms with Gasteiger partial charge in [-0.2, -0.15) is 0 Å². The topological polar surface area (TPSA) is 102 Å². The number of carboxylic acids is 1. The van der Waals surface area contributed by atoms with Crippen molar-refractivity contribution in [2.24, 2.45) is 11.7 Å². The average molecular weight is 218 g/mol. The fourth-order valence-electron chi connectivity index (χ4n) is 1.14. The van der Waals surface area contributed by atoms with Gasteiger partial charge in [-0.3, -0.25) is 14.9 Å². The molecular weight excluding hydrogens is 200 g/mol. The number of nitrogens with two attached hydrogens (primary N) is 1. The number of aliphatic carboxylic acids is 1. The predicted octanol–water partition coefficient (Wildman–Crippen LogP) is -0.814. The summed E-state index contributed by atoms with van der Waals surface area (Å²) in [5.41, 5.74) is 5.34. The molecule has 6 heteroatoms. The van der Waals surface area contributed by atoms with Crippen LogP contribution in [0.1, 0.15) is 13.8 Å². The van der Waals surface area contributed by atoms with Crippen LogP contribution in [0.4, 0.5) is 0 Å². The number of carboxylic acid groups (broad SMARTS) is 1. The maximum absolute atomic E-state index is 11.2. The summed E-state index contributed by atoms with van der Waals surface area (Å²) in [7, 11) is 1.23. The molecule has 0 aliphatic carbocycles. The summed E-state index contributed by atoms with van der Waals surface area (Å²) >= 11 is 0. The first kappa shape index (κ1) is 13.9. The maximum atomic E-state index is 11.2. The van der Waals surface area contributed by atoms with Crippen LogP contribution in [0.15, 0.2) is 0 Å². The lowest BCUT2D eigenvalue weighted by molar-refractivity contribution is -0.145. The van der Waals surface area contributed by atoms with Crippen LogP contribution in [0.25, 0.3) is 0 Å². The first-order valence-corrected chi connectivity index (χ1v) is 4.70. The molecule has 88 valence electrons. The van der Waals surface area contributed by atoms with Crippen molar-refractivity contribution in [3.63, 3.8) is 0 Å². The lowest BCUT2D eigenvalue weighted by Gasteiger charge is -2.22. The molecule has 4 N–H and O–H groups in total. The number of rotatable bonds is 6. The van der Waals surface area contributed by atoms with E-state index in [1.165, 1.54) is 7.11 Å². The molecule has 0 rings (SSSR count). The van der Waals surface area contributed by atoms with Crippen molar-refractivity contribution in [1.82, 2.24) is 5.32 Å². The van der Waals surface area contributed by atoms with Crippen LogP contribution in [0.2, 0.25) is 0 Å². The molecule has 1 unspecified atom stereocenters. The van der Waals surface area contributed by atoms with Gasteiger partial charge in [-0.15, -0.1) is 0 Å². The van der Waals surface area contributed by atoms with Crippen molar-refractivity contribution >= 4 is 11.9 Å². The van der Waals surface area contributed by atoms with Gasteiger partial charge >= 0.3 is 11.9 Å². The summed E-state index contributed by atoms with van der Waals surface area (Å²) in [4.78, 5) is 22.0. The van der Waals surface area contributed by atoms with Gasteiger partial charge in [0.05, 0.1) is 7.11 Å². The molecule has 6 nitrogen and oxygen atoms in total. The van der Waals surface area contributed by atoms with E-state index in [1.54, 1.807) is 13.8 Å². The van der Waals surface area contributed by atoms with Gasteiger partial charge in [0.2, 0.25) is 0 Å². The summed E-state index contributed by atoms with van der Waals surface area (Å²) in [5.74, 6) is -1.70. The molecule has 0 aliphatic rings. The van der Waals surface area contributed by atoms with Gasteiger partial charge in [-0.05, 0) is 5.92 Å². The second-order valence-corrected chi connectivity index (χ2v) is 3.54. The molecule has 0 saturated heterocycles. The summed E-state index contributed by atoms with van der Waals surface area (Å²) in [6, 6.07) is -1.59. The molecule has 0 aromatic heterocycles. The molecule has 0 radical (unpaired) electrons. The van der Waals surface area contributed by atoms with Crippen molar-refractivity contribution in [2.45, 2.75) is 25.9 Å². The Morgan fingerprint density at radius 2 is 2.00 bits per heavy atom. The minimum Gasteiger partial charge on any atom is -0.480 e. The third-order valence-corrected chi connectivity index (χ3v) is 2.03. The Kier molecular flexibility index (Phi) is 5.88. The maximum Gasteiger partial charge on any atom is 0.324 e. The number of esters is 1. The zero-order valence-corrected chi connectivity index (χ0v) is 9.19. The van der Waals surface area contributed by atoms with E-state index >= 15 is 0 Å². The summed E-state index contributed by atoms with van der Waals surface area (Å²) in [6.45, 7) is 3.50. The minimum absolute atomic E-state index is 0.00315. The Labute approximate surface area is 88.8 Å². The fourth-order valence-corrected chi connectivity index (χ4v) is 1.14. The molecule has 0 saturated carbocycles. The molecule has 0 aromatic rings. The lowest BCUT2D eigenvalue weighted by Crippen LogP contribution is -2.53. The molecule has 0 amide bonds. The molecule has 0 spiro atoms. The van der Waals surface area contributed by atoms with Crippen LogP contribution in [0.5, 0.6) is 0 Å². The minimum atomic E-state index is -1.01. The Bertz CT molecular complexity index is 230. The van der Waals surface area contributed by atoms with E-state index in [-0.39, 0.29) is 12.5 Å². The molecule has 0 bridgehead atoms. The van der Waals surface area contributed by atoms with E-state index in [0.717, 1.165) is 0 Å². The SMILES string of the molecule is COC(=O)[C@H](CN)NC(C(=O)O)C(C)C. The first-order chi connectivity index (χ1) is 6.93. The van der Waals surface area contributed by atoms with Crippen LogP contribution < -0.4 is 11.1 Å². The van der Waals surface area contributed by atoms with Gasteiger partial charge in [0, 0.05) is 6.54 Å². The van der Waals surface area contributed by atoms with Crippen molar-refractivity contribution in [2.75, 3.05) is 13.7 Å². The second kappa shape index (κ2) is 6.36. The average Bonchev–Trinajstić information content (AvgIpc) is 2.17. The fraction of sp³-hybridized carbons (Fsp3) is 0.778. The standard InChI is InChI=1S/C9H18N2O4/c1-5(2)7(8(12)13)11-6(4-10)9(14)15-3/h5-7,11H,4,10H2,1-3H3,(H,12,13)/t6-,7?/m0/s1. The molecule has 0 heterocycles. The number of carbonyl (C=O) groups is 2. The van der Waals surface area contributed by atoms with Gasteiger partial charge in [0.15, 0.2) is 0 Å². The van der Waals surface area contributed by atoms with E-state index < -0.39 is 24.0 Å². The highest BCUT2D eigenvalue weighted by molar-refractivity contribution is 5.79. The van der Waals surface area contributed by atoms with Crippen LogP contribution in [-0.4, -0.2) is 42.8 Å². The quantitative estimate of drug-likeness (QED) is 0.504. The molecule has 0 aliphatic heterocycles. The number of methoxy groups -OCH3 is 1. The van der Waals surface area contributed by atoms with Gasteiger partial charge in [-0.25, -0.2) is 0 Å². The highest BCUT2D eigenvalue weighted by Gasteiger charge is 2.27. The highest BCUT2D eigenvalue weighted by atomic mass is 16.5. The van der Waals surface area contributed by atoms with Crippen LogP contribution in [-0.2, 0) is 14.3 Å². The third kappa shape index (κ3) is 4.26. The highest BCUT2D eigenvalue weighted by Crippen LogP contribution is 2.03. The predicted molar refractivity (Wildman–Crippen MR) is 54.3 cm³/mol. The Balaban J connectivity index is 4.49. The van der Waals surface area contributed by atoms with E-state index in [2.05, 4.69) is 10.1 Å².